The first-order chi connectivity index (χ1) is 12.4. The van der Waals surface area contributed by atoms with Crippen molar-refractivity contribution >= 4 is 23.1 Å². The molecule has 0 saturated heterocycles. The Hall–Kier alpha value is -2.47. The molecule has 0 unspecified atom stereocenters. The summed E-state index contributed by atoms with van der Waals surface area (Å²) in [5.74, 6) is 1.51. The number of rotatable bonds is 6. The number of nitrogens with one attached hydrogen (secondary N) is 2. The van der Waals surface area contributed by atoms with E-state index in [0.717, 1.165) is 23.8 Å². The Labute approximate surface area is 151 Å². The van der Waals surface area contributed by atoms with Crippen molar-refractivity contribution in [2.75, 3.05) is 10.6 Å². The number of anilines is 2. The molecule has 0 aliphatic heterocycles. The second kappa shape index (κ2) is 7.61. The molecule has 0 spiro atoms. The lowest BCUT2D eigenvalue weighted by Crippen LogP contribution is -2.17. The maximum atomic E-state index is 4.69. The lowest BCUT2D eigenvalue weighted by Gasteiger charge is -2.14. The lowest BCUT2D eigenvalue weighted by atomic mass is 10.2. The van der Waals surface area contributed by atoms with E-state index in [0.29, 0.717) is 12.0 Å². The molecule has 0 radical (unpaired) electrons. The van der Waals surface area contributed by atoms with Crippen LogP contribution in [0.5, 0.6) is 0 Å². The topological polar surface area (TPSA) is 62.7 Å². The van der Waals surface area contributed by atoms with E-state index in [1.54, 1.807) is 17.5 Å². The normalized spacial score (nSPS) is 14.6. The molecule has 0 aromatic carbocycles. The largest absolute Gasteiger partial charge is 0.365 e. The van der Waals surface area contributed by atoms with Gasteiger partial charge in [0.05, 0.1) is 17.9 Å². The monoisotopic (exact) mass is 351 g/mol. The summed E-state index contributed by atoms with van der Waals surface area (Å²) < 4.78 is 0. The molecule has 2 N–H and O–H groups in total. The zero-order valence-electron chi connectivity index (χ0n) is 14.0. The third-order valence-electron chi connectivity index (χ3n) is 4.37. The van der Waals surface area contributed by atoms with Gasteiger partial charge >= 0.3 is 0 Å². The van der Waals surface area contributed by atoms with Gasteiger partial charge in [-0.05, 0) is 36.4 Å². The number of aromatic nitrogens is 3. The van der Waals surface area contributed by atoms with Crippen molar-refractivity contribution in [3.63, 3.8) is 0 Å². The summed E-state index contributed by atoms with van der Waals surface area (Å²) in [5, 5.41) is 9.00. The first-order valence-corrected chi connectivity index (χ1v) is 9.58. The minimum atomic E-state index is 0.476. The van der Waals surface area contributed by atoms with Crippen molar-refractivity contribution in [2.45, 2.75) is 38.3 Å². The van der Waals surface area contributed by atoms with E-state index >= 15 is 0 Å². The molecule has 1 aliphatic carbocycles. The highest BCUT2D eigenvalue weighted by molar-refractivity contribution is 7.09. The predicted octanol–water partition coefficient (Wildman–Crippen LogP) is 4.57. The number of pyridine rings is 1. The first-order valence-electron chi connectivity index (χ1n) is 8.70. The Balaban J connectivity index is 1.59. The Morgan fingerprint density at radius 2 is 1.96 bits per heavy atom. The van der Waals surface area contributed by atoms with Crippen molar-refractivity contribution in [2.24, 2.45) is 0 Å². The number of thiophene rings is 1. The molecule has 0 amide bonds. The summed E-state index contributed by atoms with van der Waals surface area (Å²) in [5.41, 5.74) is 1.70. The van der Waals surface area contributed by atoms with Crippen LogP contribution in [0.25, 0.3) is 11.4 Å². The van der Waals surface area contributed by atoms with E-state index in [1.807, 2.05) is 24.3 Å². The Morgan fingerprint density at radius 3 is 2.72 bits per heavy atom. The first kappa shape index (κ1) is 16.0. The van der Waals surface area contributed by atoms with Gasteiger partial charge in [-0.2, -0.15) is 4.98 Å². The Bertz CT molecular complexity index is 798. The fourth-order valence-corrected chi connectivity index (χ4v) is 3.74. The molecule has 128 valence electrons. The zero-order chi connectivity index (χ0) is 16.9. The molecule has 6 heteroatoms. The molecule has 0 bridgehead atoms. The summed E-state index contributed by atoms with van der Waals surface area (Å²) in [6, 6.07) is 12.5. The highest BCUT2D eigenvalue weighted by atomic mass is 32.1. The molecule has 0 atom stereocenters. The Morgan fingerprint density at radius 1 is 1.04 bits per heavy atom. The van der Waals surface area contributed by atoms with Crippen molar-refractivity contribution in [3.05, 3.63) is 52.9 Å². The standard InChI is InChI=1S/C19H21N5S/c1-2-7-14(6-1)22-19-23-17(16-9-3-4-10-20-16)12-18(24-19)21-13-15-8-5-11-25-15/h3-5,8-12,14H,1-2,6-7,13H2,(H2,21,22,23,24). The fraction of sp³-hybridized carbons (Fsp3) is 0.316. The number of nitrogens with zero attached hydrogens (tertiary/aromatic N) is 3. The molecular formula is C19H21N5S. The molecule has 25 heavy (non-hydrogen) atoms. The Kier molecular flexibility index (Phi) is 4.88. The summed E-state index contributed by atoms with van der Waals surface area (Å²) in [4.78, 5) is 15.1. The van der Waals surface area contributed by atoms with Crippen molar-refractivity contribution in [1.82, 2.24) is 15.0 Å². The van der Waals surface area contributed by atoms with Crippen LogP contribution in [0.2, 0.25) is 0 Å². The minimum absolute atomic E-state index is 0.476. The molecule has 3 heterocycles. The summed E-state index contributed by atoms with van der Waals surface area (Å²) in [6.45, 7) is 0.763. The molecule has 3 aromatic heterocycles. The smallest absolute Gasteiger partial charge is 0.225 e. The fourth-order valence-electron chi connectivity index (χ4n) is 3.09. The molecule has 5 nitrogen and oxygen atoms in total. The van der Waals surface area contributed by atoms with Crippen LogP contribution in [0.15, 0.2) is 48.0 Å². The number of hydrogen-bond acceptors (Lipinski definition) is 6. The summed E-state index contributed by atoms with van der Waals surface area (Å²) >= 11 is 1.74. The molecule has 1 saturated carbocycles. The van der Waals surface area contributed by atoms with Crippen LogP contribution in [-0.2, 0) is 6.54 Å². The third kappa shape index (κ3) is 4.14. The van der Waals surface area contributed by atoms with E-state index in [1.165, 1.54) is 30.6 Å². The summed E-state index contributed by atoms with van der Waals surface area (Å²) in [7, 11) is 0. The van der Waals surface area contributed by atoms with E-state index in [9.17, 15) is 0 Å². The summed E-state index contributed by atoms with van der Waals surface area (Å²) in [6.07, 6.45) is 6.73. The second-order valence-corrected chi connectivity index (χ2v) is 7.27. The zero-order valence-corrected chi connectivity index (χ0v) is 14.8. The van der Waals surface area contributed by atoms with E-state index in [-0.39, 0.29) is 0 Å². The van der Waals surface area contributed by atoms with Gasteiger partial charge in [-0.15, -0.1) is 11.3 Å². The van der Waals surface area contributed by atoms with Crippen LogP contribution in [-0.4, -0.2) is 21.0 Å². The third-order valence-corrected chi connectivity index (χ3v) is 5.24. The maximum absolute atomic E-state index is 4.69. The van der Waals surface area contributed by atoms with E-state index in [2.05, 4.69) is 38.1 Å². The van der Waals surface area contributed by atoms with E-state index < -0.39 is 0 Å². The molecular weight excluding hydrogens is 330 g/mol. The average molecular weight is 351 g/mol. The maximum Gasteiger partial charge on any atom is 0.225 e. The highest BCUT2D eigenvalue weighted by Gasteiger charge is 2.17. The van der Waals surface area contributed by atoms with Crippen molar-refractivity contribution in [1.29, 1.82) is 0 Å². The molecule has 1 aliphatic rings. The van der Waals surface area contributed by atoms with Gasteiger partial charge < -0.3 is 10.6 Å². The minimum Gasteiger partial charge on any atom is -0.365 e. The number of hydrogen-bond donors (Lipinski definition) is 2. The quantitative estimate of drug-likeness (QED) is 0.681. The van der Waals surface area contributed by atoms with Crippen LogP contribution in [0.4, 0.5) is 11.8 Å². The average Bonchev–Trinajstić information content (AvgIpc) is 3.34. The van der Waals surface area contributed by atoms with Crippen LogP contribution in [0.1, 0.15) is 30.6 Å². The van der Waals surface area contributed by atoms with Gasteiger partial charge in [-0.1, -0.05) is 25.0 Å². The van der Waals surface area contributed by atoms with Gasteiger partial charge in [0.15, 0.2) is 0 Å². The van der Waals surface area contributed by atoms with Crippen LogP contribution >= 0.6 is 11.3 Å². The van der Waals surface area contributed by atoms with Crippen molar-refractivity contribution in [3.8, 4) is 11.4 Å². The predicted molar refractivity (Wildman–Crippen MR) is 103 cm³/mol. The van der Waals surface area contributed by atoms with Crippen LogP contribution in [0, 0.1) is 0 Å². The van der Waals surface area contributed by atoms with Crippen molar-refractivity contribution < 1.29 is 0 Å². The molecule has 1 fully saturated rings. The second-order valence-electron chi connectivity index (χ2n) is 6.24. The highest BCUT2D eigenvalue weighted by Crippen LogP contribution is 2.24. The van der Waals surface area contributed by atoms with Gasteiger partial charge in [0, 0.05) is 23.2 Å². The van der Waals surface area contributed by atoms with Crippen LogP contribution in [0.3, 0.4) is 0 Å². The lowest BCUT2D eigenvalue weighted by molar-refractivity contribution is 0.744. The van der Waals surface area contributed by atoms with Gasteiger partial charge in [0.25, 0.3) is 0 Å². The molecule has 4 rings (SSSR count). The van der Waals surface area contributed by atoms with Crippen LogP contribution < -0.4 is 10.6 Å². The SMILES string of the molecule is c1ccc(-c2cc(NCc3cccs3)nc(NC3CCCC3)n2)nc1. The molecule has 3 aromatic rings. The van der Waals surface area contributed by atoms with Gasteiger partial charge in [0.2, 0.25) is 5.95 Å². The van der Waals surface area contributed by atoms with Gasteiger partial charge in [0.1, 0.15) is 5.82 Å². The van der Waals surface area contributed by atoms with E-state index in [4.69, 9.17) is 4.98 Å². The van der Waals surface area contributed by atoms with Gasteiger partial charge in [-0.3, -0.25) is 4.98 Å². The van der Waals surface area contributed by atoms with Gasteiger partial charge in [-0.25, -0.2) is 4.98 Å².